The Morgan fingerprint density at radius 2 is 2.33 bits per heavy atom. The summed E-state index contributed by atoms with van der Waals surface area (Å²) in [6.45, 7) is 1.90. The SMILES string of the molecule is CNC(Cc1ccc(F)c(Br)c1)C1COCCO1. The fraction of sp³-hybridized carbons (Fsp3) is 0.538. The number of rotatable bonds is 4. The van der Waals surface area contributed by atoms with Gasteiger partial charge in [-0.1, -0.05) is 6.07 Å². The standard InChI is InChI=1S/C13H17BrFNO2/c1-16-12(13-8-17-4-5-18-13)7-9-2-3-11(15)10(14)6-9/h2-3,6,12-13,16H,4-5,7-8H2,1H3. The van der Waals surface area contributed by atoms with E-state index >= 15 is 0 Å². The van der Waals surface area contributed by atoms with Crippen LogP contribution in [-0.2, 0) is 15.9 Å². The summed E-state index contributed by atoms with van der Waals surface area (Å²) in [5.74, 6) is -0.239. The molecule has 1 N–H and O–H groups in total. The van der Waals surface area contributed by atoms with Gasteiger partial charge in [0.15, 0.2) is 0 Å². The topological polar surface area (TPSA) is 30.5 Å². The monoisotopic (exact) mass is 317 g/mol. The summed E-state index contributed by atoms with van der Waals surface area (Å²) >= 11 is 3.20. The van der Waals surface area contributed by atoms with Crippen molar-refractivity contribution in [3.63, 3.8) is 0 Å². The highest BCUT2D eigenvalue weighted by Crippen LogP contribution is 2.19. The zero-order valence-electron chi connectivity index (χ0n) is 10.3. The fourth-order valence-electron chi connectivity index (χ4n) is 2.08. The smallest absolute Gasteiger partial charge is 0.137 e. The lowest BCUT2D eigenvalue weighted by Crippen LogP contribution is -2.46. The van der Waals surface area contributed by atoms with Gasteiger partial charge in [-0.3, -0.25) is 0 Å². The number of hydrogen-bond donors (Lipinski definition) is 1. The van der Waals surface area contributed by atoms with Gasteiger partial charge in [-0.25, -0.2) is 4.39 Å². The van der Waals surface area contributed by atoms with Gasteiger partial charge in [-0.2, -0.15) is 0 Å². The van der Waals surface area contributed by atoms with Crippen molar-refractivity contribution in [1.82, 2.24) is 5.32 Å². The lowest BCUT2D eigenvalue weighted by atomic mass is 10.0. The molecule has 0 aliphatic carbocycles. The van der Waals surface area contributed by atoms with Crippen molar-refractivity contribution in [2.75, 3.05) is 26.9 Å². The highest BCUT2D eigenvalue weighted by Gasteiger charge is 2.24. The number of hydrogen-bond acceptors (Lipinski definition) is 3. The average Bonchev–Trinajstić information content (AvgIpc) is 2.41. The summed E-state index contributed by atoms with van der Waals surface area (Å²) in [6.07, 6.45) is 0.830. The van der Waals surface area contributed by atoms with Gasteiger partial charge >= 0.3 is 0 Å². The molecule has 0 aromatic heterocycles. The van der Waals surface area contributed by atoms with Gasteiger partial charge in [0, 0.05) is 6.04 Å². The van der Waals surface area contributed by atoms with Crippen LogP contribution >= 0.6 is 15.9 Å². The molecule has 0 radical (unpaired) electrons. The van der Waals surface area contributed by atoms with Crippen LogP contribution in [-0.4, -0.2) is 39.0 Å². The third-order valence-electron chi connectivity index (χ3n) is 3.10. The maximum atomic E-state index is 13.2. The molecular weight excluding hydrogens is 301 g/mol. The first-order valence-corrected chi connectivity index (χ1v) is 6.80. The quantitative estimate of drug-likeness (QED) is 0.923. The molecule has 1 aromatic rings. The van der Waals surface area contributed by atoms with Crippen molar-refractivity contribution in [1.29, 1.82) is 0 Å². The molecule has 1 aliphatic heterocycles. The third kappa shape index (κ3) is 3.51. The highest BCUT2D eigenvalue weighted by atomic mass is 79.9. The van der Waals surface area contributed by atoms with Crippen LogP contribution < -0.4 is 5.32 Å². The first-order valence-electron chi connectivity index (χ1n) is 6.01. The first-order chi connectivity index (χ1) is 8.70. The van der Waals surface area contributed by atoms with Crippen LogP contribution in [0.1, 0.15) is 5.56 Å². The van der Waals surface area contributed by atoms with Gasteiger partial charge in [0.2, 0.25) is 0 Å². The van der Waals surface area contributed by atoms with Gasteiger partial charge in [0.25, 0.3) is 0 Å². The molecule has 18 heavy (non-hydrogen) atoms. The molecule has 2 rings (SSSR count). The van der Waals surface area contributed by atoms with Crippen molar-refractivity contribution in [3.05, 3.63) is 34.1 Å². The number of likely N-dealkylation sites (N-methyl/N-ethyl adjacent to an activating group) is 1. The molecule has 5 heteroatoms. The number of benzene rings is 1. The highest BCUT2D eigenvalue weighted by molar-refractivity contribution is 9.10. The second kappa shape index (κ2) is 6.61. The van der Waals surface area contributed by atoms with Crippen molar-refractivity contribution >= 4 is 15.9 Å². The molecule has 1 heterocycles. The van der Waals surface area contributed by atoms with E-state index in [0.29, 0.717) is 24.3 Å². The lowest BCUT2D eigenvalue weighted by molar-refractivity contribution is -0.100. The van der Waals surface area contributed by atoms with Crippen LogP contribution in [0.4, 0.5) is 4.39 Å². The van der Waals surface area contributed by atoms with Crippen LogP contribution in [0.15, 0.2) is 22.7 Å². The van der Waals surface area contributed by atoms with Gasteiger partial charge < -0.3 is 14.8 Å². The molecule has 0 bridgehead atoms. The Hall–Kier alpha value is -0.490. The normalized spacial score (nSPS) is 21.8. The lowest BCUT2D eigenvalue weighted by Gasteiger charge is -2.30. The van der Waals surface area contributed by atoms with E-state index in [2.05, 4.69) is 21.2 Å². The molecule has 0 saturated carbocycles. The van der Waals surface area contributed by atoms with E-state index < -0.39 is 0 Å². The molecule has 1 aliphatic rings. The molecule has 2 unspecified atom stereocenters. The Labute approximate surface area is 115 Å². The van der Waals surface area contributed by atoms with E-state index in [0.717, 1.165) is 12.0 Å². The van der Waals surface area contributed by atoms with E-state index in [1.165, 1.54) is 6.07 Å². The summed E-state index contributed by atoms with van der Waals surface area (Å²) in [6, 6.07) is 5.25. The fourth-order valence-corrected chi connectivity index (χ4v) is 2.50. The molecule has 1 aromatic carbocycles. The molecule has 0 spiro atoms. The average molecular weight is 318 g/mol. The predicted octanol–water partition coefficient (Wildman–Crippen LogP) is 2.13. The Kier molecular flexibility index (Phi) is 5.12. The minimum absolute atomic E-state index is 0.0487. The maximum Gasteiger partial charge on any atom is 0.137 e. The van der Waals surface area contributed by atoms with Crippen molar-refractivity contribution in [2.24, 2.45) is 0 Å². The Balaban J connectivity index is 2.02. The Morgan fingerprint density at radius 1 is 1.50 bits per heavy atom. The second-order valence-corrected chi connectivity index (χ2v) is 5.19. The van der Waals surface area contributed by atoms with Crippen LogP contribution in [0.25, 0.3) is 0 Å². The number of ether oxygens (including phenoxy) is 2. The molecule has 100 valence electrons. The van der Waals surface area contributed by atoms with Gasteiger partial charge in [-0.05, 0) is 47.1 Å². The van der Waals surface area contributed by atoms with E-state index in [4.69, 9.17) is 9.47 Å². The molecular formula is C13H17BrFNO2. The van der Waals surface area contributed by atoms with Crippen LogP contribution in [0.5, 0.6) is 0 Å². The van der Waals surface area contributed by atoms with Gasteiger partial charge in [0.05, 0.1) is 30.4 Å². The zero-order chi connectivity index (χ0) is 13.0. The number of nitrogens with one attached hydrogen (secondary N) is 1. The Bertz CT molecular complexity index is 397. The number of halogens is 2. The van der Waals surface area contributed by atoms with Gasteiger partial charge in [0.1, 0.15) is 5.82 Å². The third-order valence-corrected chi connectivity index (χ3v) is 3.71. The summed E-state index contributed by atoms with van der Waals surface area (Å²) in [5, 5.41) is 3.24. The molecule has 0 amide bonds. The summed E-state index contributed by atoms with van der Waals surface area (Å²) in [7, 11) is 1.90. The second-order valence-electron chi connectivity index (χ2n) is 4.33. The minimum atomic E-state index is -0.239. The van der Waals surface area contributed by atoms with E-state index in [1.54, 1.807) is 6.07 Å². The molecule has 1 fully saturated rings. The predicted molar refractivity (Wildman–Crippen MR) is 71.2 cm³/mol. The molecule has 1 saturated heterocycles. The van der Waals surface area contributed by atoms with Crippen molar-refractivity contribution in [2.45, 2.75) is 18.6 Å². The molecule has 2 atom stereocenters. The summed E-state index contributed by atoms with van der Waals surface area (Å²) in [5.41, 5.74) is 1.07. The van der Waals surface area contributed by atoms with E-state index in [-0.39, 0.29) is 18.0 Å². The zero-order valence-corrected chi connectivity index (χ0v) is 11.9. The van der Waals surface area contributed by atoms with Gasteiger partial charge in [-0.15, -0.1) is 0 Å². The largest absolute Gasteiger partial charge is 0.376 e. The maximum absolute atomic E-state index is 13.2. The van der Waals surface area contributed by atoms with Crippen molar-refractivity contribution in [3.8, 4) is 0 Å². The summed E-state index contributed by atoms with van der Waals surface area (Å²) < 4.78 is 24.8. The molecule has 3 nitrogen and oxygen atoms in total. The van der Waals surface area contributed by atoms with Crippen LogP contribution in [0.3, 0.4) is 0 Å². The van der Waals surface area contributed by atoms with Crippen LogP contribution in [0.2, 0.25) is 0 Å². The van der Waals surface area contributed by atoms with E-state index in [1.807, 2.05) is 13.1 Å². The van der Waals surface area contributed by atoms with Crippen LogP contribution in [0, 0.1) is 5.82 Å². The minimum Gasteiger partial charge on any atom is -0.376 e. The summed E-state index contributed by atoms with van der Waals surface area (Å²) in [4.78, 5) is 0. The van der Waals surface area contributed by atoms with Crippen molar-refractivity contribution < 1.29 is 13.9 Å². The van der Waals surface area contributed by atoms with E-state index in [9.17, 15) is 4.39 Å². The first kappa shape index (κ1) is 13.9. The Morgan fingerprint density at radius 3 is 2.94 bits per heavy atom.